The summed E-state index contributed by atoms with van der Waals surface area (Å²) in [5.41, 5.74) is 2.40. The van der Waals surface area contributed by atoms with E-state index in [0.717, 1.165) is 23.6 Å². The molecule has 28 heavy (non-hydrogen) atoms. The van der Waals surface area contributed by atoms with Crippen LogP contribution in [0.4, 0.5) is 11.5 Å². The van der Waals surface area contributed by atoms with E-state index in [1.807, 2.05) is 42.5 Å². The zero-order valence-electron chi connectivity index (χ0n) is 16.0. The molecule has 0 saturated carbocycles. The second-order valence-corrected chi connectivity index (χ2v) is 6.12. The van der Waals surface area contributed by atoms with E-state index in [2.05, 4.69) is 32.5 Å². The summed E-state index contributed by atoms with van der Waals surface area (Å²) in [4.78, 5) is 24.6. The molecule has 3 aromatic rings. The average molecular weight is 377 g/mol. The number of nitrogens with zero attached hydrogens (tertiary/aromatic N) is 3. The third-order valence-electron chi connectivity index (χ3n) is 3.87. The van der Waals surface area contributed by atoms with E-state index in [9.17, 15) is 4.79 Å². The van der Waals surface area contributed by atoms with Gasteiger partial charge in [0.1, 0.15) is 23.9 Å². The Morgan fingerprint density at radius 2 is 2.00 bits per heavy atom. The molecule has 7 nitrogen and oxygen atoms in total. The number of pyridine rings is 1. The number of carbonyl (C=O) groups excluding carboxylic acids is 1. The molecule has 0 spiro atoms. The lowest BCUT2D eigenvalue weighted by molar-refractivity contribution is -0.114. The van der Waals surface area contributed by atoms with Gasteiger partial charge in [0, 0.05) is 36.6 Å². The van der Waals surface area contributed by atoms with Crippen LogP contribution in [0.15, 0.2) is 54.7 Å². The fourth-order valence-corrected chi connectivity index (χ4v) is 2.59. The Hall–Kier alpha value is -3.48. The molecule has 144 valence electrons. The van der Waals surface area contributed by atoms with Gasteiger partial charge in [0.2, 0.25) is 5.91 Å². The molecule has 1 aromatic carbocycles. The third kappa shape index (κ3) is 5.51. The minimum absolute atomic E-state index is 0.113. The minimum atomic E-state index is -0.113. The number of rotatable bonds is 8. The summed E-state index contributed by atoms with van der Waals surface area (Å²) in [5.74, 6) is 1.92. The van der Waals surface area contributed by atoms with E-state index in [0.29, 0.717) is 30.4 Å². The average Bonchev–Trinajstić information content (AvgIpc) is 2.71. The Labute approximate surface area is 164 Å². The molecule has 0 unspecified atom stereocenters. The Kier molecular flexibility index (Phi) is 6.51. The molecule has 0 aliphatic rings. The Balaban J connectivity index is 1.60. The first-order chi connectivity index (χ1) is 13.6. The lowest BCUT2D eigenvalue weighted by atomic mass is 10.3. The van der Waals surface area contributed by atoms with Crippen LogP contribution < -0.4 is 15.4 Å². The van der Waals surface area contributed by atoms with Crippen LogP contribution >= 0.6 is 0 Å². The van der Waals surface area contributed by atoms with Crippen LogP contribution in [0.2, 0.25) is 0 Å². The van der Waals surface area contributed by atoms with E-state index in [1.54, 1.807) is 12.3 Å². The van der Waals surface area contributed by atoms with Crippen molar-refractivity contribution in [1.29, 1.82) is 0 Å². The quantitative estimate of drug-likeness (QED) is 0.584. The highest BCUT2D eigenvalue weighted by atomic mass is 16.5. The largest absolute Gasteiger partial charge is 0.492 e. The maximum Gasteiger partial charge on any atom is 0.221 e. The lowest BCUT2D eigenvalue weighted by Crippen LogP contribution is -2.13. The van der Waals surface area contributed by atoms with Gasteiger partial charge in [0.15, 0.2) is 5.82 Å². The molecule has 0 bridgehead atoms. The molecule has 0 fully saturated rings. The van der Waals surface area contributed by atoms with Crippen molar-refractivity contribution in [2.45, 2.75) is 20.3 Å². The maximum absolute atomic E-state index is 11.1. The minimum Gasteiger partial charge on any atom is -0.492 e. The molecule has 1 amide bonds. The number of aryl methyl sites for hydroxylation is 1. The number of carbonyl (C=O) groups is 1. The van der Waals surface area contributed by atoms with Gasteiger partial charge >= 0.3 is 0 Å². The van der Waals surface area contributed by atoms with E-state index in [1.165, 1.54) is 6.92 Å². The molecule has 2 N–H and O–H groups in total. The molecular formula is C21H23N5O2. The number of anilines is 2. The summed E-state index contributed by atoms with van der Waals surface area (Å²) in [5, 5.41) is 6.01. The molecule has 0 saturated heterocycles. The molecule has 0 aliphatic carbocycles. The number of benzene rings is 1. The van der Waals surface area contributed by atoms with Crippen molar-refractivity contribution in [1.82, 2.24) is 15.0 Å². The third-order valence-corrected chi connectivity index (χ3v) is 3.87. The fourth-order valence-electron chi connectivity index (χ4n) is 2.59. The zero-order chi connectivity index (χ0) is 19.8. The summed E-state index contributed by atoms with van der Waals surface area (Å²) in [6.07, 6.45) is 2.54. The molecule has 0 atom stereocenters. The van der Waals surface area contributed by atoms with Gasteiger partial charge in [0.25, 0.3) is 0 Å². The van der Waals surface area contributed by atoms with Gasteiger partial charge in [-0.05, 0) is 30.7 Å². The van der Waals surface area contributed by atoms with Gasteiger partial charge in [-0.15, -0.1) is 0 Å². The second-order valence-electron chi connectivity index (χ2n) is 6.12. The SMILES string of the molecule is CCc1cc(NCCOc2cccc(NC(C)=O)c2)nc(-c2ccccn2)n1. The summed E-state index contributed by atoms with van der Waals surface area (Å²) in [6, 6.07) is 14.9. The first kappa shape index (κ1) is 19.3. The van der Waals surface area contributed by atoms with Crippen molar-refractivity contribution in [3.8, 4) is 17.3 Å². The van der Waals surface area contributed by atoms with Gasteiger partial charge in [-0.3, -0.25) is 9.78 Å². The fraction of sp³-hybridized carbons (Fsp3) is 0.238. The van der Waals surface area contributed by atoms with Crippen molar-refractivity contribution in [3.63, 3.8) is 0 Å². The first-order valence-corrected chi connectivity index (χ1v) is 9.17. The Morgan fingerprint density at radius 1 is 1.11 bits per heavy atom. The van der Waals surface area contributed by atoms with Crippen molar-refractivity contribution in [2.24, 2.45) is 0 Å². The number of amides is 1. The van der Waals surface area contributed by atoms with Gasteiger partial charge in [-0.25, -0.2) is 9.97 Å². The van der Waals surface area contributed by atoms with Gasteiger partial charge < -0.3 is 15.4 Å². The Morgan fingerprint density at radius 3 is 2.75 bits per heavy atom. The van der Waals surface area contributed by atoms with Crippen molar-refractivity contribution in [3.05, 3.63) is 60.4 Å². The summed E-state index contributed by atoms with van der Waals surface area (Å²) in [7, 11) is 0. The normalized spacial score (nSPS) is 10.4. The molecular weight excluding hydrogens is 354 g/mol. The standard InChI is InChI=1S/C21H23N5O2/c1-3-16-14-20(26-21(25-16)19-9-4-5-10-22-19)23-11-12-28-18-8-6-7-17(13-18)24-15(2)27/h4-10,13-14H,3,11-12H2,1-2H3,(H,24,27)(H,23,25,26). The number of ether oxygens (including phenoxy) is 1. The Bertz CT molecular complexity index is 931. The number of nitrogens with one attached hydrogen (secondary N) is 2. The smallest absolute Gasteiger partial charge is 0.221 e. The zero-order valence-corrected chi connectivity index (χ0v) is 16.0. The summed E-state index contributed by atoms with van der Waals surface area (Å²) >= 11 is 0. The van der Waals surface area contributed by atoms with Crippen LogP contribution in [-0.4, -0.2) is 34.0 Å². The van der Waals surface area contributed by atoms with Crippen molar-refractivity contribution >= 4 is 17.4 Å². The molecule has 2 heterocycles. The molecule has 2 aromatic heterocycles. The summed E-state index contributed by atoms with van der Waals surface area (Å²) < 4.78 is 5.75. The number of aromatic nitrogens is 3. The van der Waals surface area contributed by atoms with Gasteiger partial charge in [0.05, 0.1) is 6.54 Å². The van der Waals surface area contributed by atoms with E-state index >= 15 is 0 Å². The van der Waals surface area contributed by atoms with Crippen LogP contribution in [0.25, 0.3) is 11.5 Å². The molecule has 3 rings (SSSR count). The molecule has 0 radical (unpaired) electrons. The van der Waals surface area contributed by atoms with E-state index < -0.39 is 0 Å². The topological polar surface area (TPSA) is 89.0 Å². The second kappa shape index (κ2) is 9.45. The summed E-state index contributed by atoms with van der Waals surface area (Å²) in [6.45, 7) is 4.56. The highest BCUT2D eigenvalue weighted by Gasteiger charge is 2.07. The van der Waals surface area contributed by atoms with E-state index in [4.69, 9.17) is 4.74 Å². The van der Waals surface area contributed by atoms with Crippen LogP contribution in [-0.2, 0) is 11.2 Å². The van der Waals surface area contributed by atoms with Crippen LogP contribution in [0.3, 0.4) is 0 Å². The van der Waals surface area contributed by atoms with Crippen molar-refractivity contribution in [2.75, 3.05) is 23.8 Å². The molecule has 0 aliphatic heterocycles. The predicted molar refractivity (Wildman–Crippen MR) is 109 cm³/mol. The van der Waals surface area contributed by atoms with Crippen LogP contribution in [0.1, 0.15) is 19.5 Å². The lowest BCUT2D eigenvalue weighted by Gasteiger charge is -2.11. The maximum atomic E-state index is 11.1. The number of hydrogen-bond donors (Lipinski definition) is 2. The van der Waals surface area contributed by atoms with Crippen LogP contribution in [0, 0.1) is 0 Å². The number of hydrogen-bond acceptors (Lipinski definition) is 6. The van der Waals surface area contributed by atoms with Gasteiger partial charge in [-0.1, -0.05) is 19.1 Å². The first-order valence-electron chi connectivity index (χ1n) is 9.17. The van der Waals surface area contributed by atoms with E-state index in [-0.39, 0.29) is 5.91 Å². The predicted octanol–water partition coefficient (Wildman–Crippen LogP) is 3.55. The highest BCUT2D eigenvalue weighted by Crippen LogP contribution is 2.18. The highest BCUT2D eigenvalue weighted by molar-refractivity contribution is 5.88. The van der Waals surface area contributed by atoms with Crippen LogP contribution in [0.5, 0.6) is 5.75 Å². The van der Waals surface area contributed by atoms with Crippen molar-refractivity contribution < 1.29 is 9.53 Å². The molecule has 7 heteroatoms. The monoisotopic (exact) mass is 377 g/mol. The van der Waals surface area contributed by atoms with Gasteiger partial charge in [-0.2, -0.15) is 0 Å².